The number of esters is 3. The molecule has 332 valence electrons. The Morgan fingerprint density at radius 2 is 0.518 bits per heavy atom. The average Bonchev–Trinajstić information content (AvgIpc) is 3.15. The number of hydrogen-bond donors (Lipinski definition) is 0. The van der Waals surface area contributed by atoms with Crippen molar-refractivity contribution in [2.24, 2.45) is 17.8 Å². The number of hydrogen-bond acceptors (Lipinski definition) is 6. The first-order valence-electron chi connectivity index (χ1n) is 24.6. The third-order valence-corrected chi connectivity index (χ3v) is 11.1. The van der Waals surface area contributed by atoms with Crippen LogP contribution in [0, 0.1) is 17.8 Å². The topological polar surface area (TPSA) is 78.9 Å². The molecule has 0 aliphatic rings. The summed E-state index contributed by atoms with van der Waals surface area (Å²) in [5.74, 6) is 1.57. The highest BCUT2D eigenvalue weighted by molar-refractivity contribution is 5.71. The Bertz CT molecular complexity index is 868. The fraction of sp³-hybridized carbons (Fsp3) is 0.940. The van der Waals surface area contributed by atoms with Crippen molar-refractivity contribution in [2.75, 3.05) is 13.2 Å². The third kappa shape index (κ3) is 43.5. The van der Waals surface area contributed by atoms with Gasteiger partial charge in [-0.05, 0) is 37.0 Å². The van der Waals surface area contributed by atoms with Crippen molar-refractivity contribution in [3.63, 3.8) is 0 Å². The van der Waals surface area contributed by atoms with E-state index in [-0.39, 0.29) is 31.1 Å². The fourth-order valence-electron chi connectivity index (χ4n) is 7.41. The molecule has 56 heavy (non-hydrogen) atoms. The summed E-state index contributed by atoms with van der Waals surface area (Å²) >= 11 is 0. The molecule has 0 fully saturated rings. The van der Waals surface area contributed by atoms with Crippen molar-refractivity contribution in [3.8, 4) is 0 Å². The van der Waals surface area contributed by atoms with Crippen LogP contribution in [0.25, 0.3) is 0 Å². The summed E-state index contributed by atoms with van der Waals surface area (Å²) in [4.78, 5) is 37.8. The first kappa shape index (κ1) is 54.4. The van der Waals surface area contributed by atoms with Gasteiger partial charge in [0.05, 0.1) is 0 Å². The molecule has 0 N–H and O–H groups in total. The van der Waals surface area contributed by atoms with E-state index in [1.54, 1.807) is 0 Å². The lowest BCUT2D eigenvalue weighted by Crippen LogP contribution is -2.30. The minimum atomic E-state index is -0.762. The molecule has 6 nitrogen and oxygen atoms in total. The summed E-state index contributed by atoms with van der Waals surface area (Å²) in [5.41, 5.74) is 0. The Morgan fingerprint density at radius 3 is 0.768 bits per heavy atom. The normalized spacial score (nSPS) is 12.2. The Kier molecular flexibility index (Phi) is 40.4. The number of unbranched alkanes of at least 4 members (excludes halogenated alkanes) is 26. The molecule has 0 saturated carbocycles. The fourth-order valence-corrected chi connectivity index (χ4v) is 7.41. The number of rotatable bonds is 43. The second kappa shape index (κ2) is 41.6. The predicted molar refractivity (Wildman–Crippen MR) is 238 cm³/mol. The van der Waals surface area contributed by atoms with Gasteiger partial charge in [-0.25, -0.2) is 0 Å². The van der Waals surface area contributed by atoms with Crippen LogP contribution in [0.5, 0.6) is 0 Å². The van der Waals surface area contributed by atoms with E-state index in [4.69, 9.17) is 14.2 Å². The van der Waals surface area contributed by atoms with Gasteiger partial charge in [-0.1, -0.05) is 228 Å². The van der Waals surface area contributed by atoms with Gasteiger partial charge in [0.2, 0.25) is 0 Å². The van der Waals surface area contributed by atoms with E-state index in [0.717, 1.165) is 75.5 Å². The van der Waals surface area contributed by atoms with E-state index in [0.29, 0.717) is 19.3 Å². The minimum Gasteiger partial charge on any atom is -0.462 e. The molecule has 0 spiro atoms. The Hall–Kier alpha value is -1.59. The zero-order chi connectivity index (χ0) is 41.3. The SMILES string of the molecule is CC(C)CCCCCCCCCCCCCCCC(=O)OC[C@H](COC(=O)CCCCCCCCCCC(C)C)OC(=O)CCCCCCCCCCC(C)C. The predicted octanol–water partition coefficient (Wildman–Crippen LogP) is 15.6. The average molecular weight is 793 g/mol. The van der Waals surface area contributed by atoms with Crippen molar-refractivity contribution in [3.05, 3.63) is 0 Å². The summed E-state index contributed by atoms with van der Waals surface area (Å²) in [6.45, 7) is 13.6. The van der Waals surface area contributed by atoms with E-state index >= 15 is 0 Å². The monoisotopic (exact) mass is 793 g/mol. The zero-order valence-corrected chi connectivity index (χ0v) is 38.4. The standard InChI is InChI=1S/C50H96O6/c1-44(2)36-30-24-18-12-10-8-7-9-11-13-21-27-33-39-48(51)54-42-47(56-50(53)41-35-29-23-17-15-20-26-32-38-46(5)6)43-55-49(52)40-34-28-22-16-14-19-25-31-37-45(3)4/h44-47H,7-43H2,1-6H3/t47-/m1/s1. The number of carbonyl (C=O) groups excluding carboxylic acids is 3. The Morgan fingerprint density at radius 1 is 0.304 bits per heavy atom. The maximum atomic E-state index is 12.7. The van der Waals surface area contributed by atoms with Crippen LogP contribution in [0.3, 0.4) is 0 Å². The minimum absolute atomic E-state index is 0.0657. The molecule has 0 rings (SSSR count). The summed E-state index contributed by atoms with van der Waals surface area (Å²) in [5, 5.41) is 0. The highest BCUT2D eigenvalue weighted by Gasteiger charge is 2.19. The molecule has 0 saturated heterocycles. The van der Waals surface area contributed by atoms with Gasteiger partial charge < -0.3 is 14.2 Å². The molecule has 0 heterocycles. The van der Waals surface area contributed by atoms with Gasteiger partial charge in [0.25, 0.3) is 0 Å². The second-order valence-corrected chi connectivity index (χ2v) is 18.5. The van der Waals surface area contributed by atoms with Gasteiger partial charge in [0.15, 0.2) is 6.10 Å². The van der Waals surface area contributed by atoms with E-state index in [9.17, 15) is 14.4 Å². The van der Waals surface area contributed by atoms with E-state index in [2.05, 4.69) is 41.5 Å². The number of ether oxygens (including phenoxy) is 3. The van der Waals surface area contributed by atoms with Crippen molar-refractivity contribution in [1.29, 1.82) is 0 Å². The first-order chi connectivity index (χ1) is 27.1. The zero-order valence-electron chi connectivity index (χ0n) is 38.4. The van der Waals surface area contributed by atoms with Gasteiger partial charge >= 0.3 is 17.9 Å². The molecule has 0 aromatic carbocycles. The molecule has 0 amide bonds. The van der Waals surface area contributed by atoms with Crippen LogP contribution >= 0.6 is 0 Å². The summed E-state index contributed by atoms with van der Waals surface area (Å²) in [6.07, 6.45) is 39.6. The molecular formula is C50H96O6. The van der Waals surface area contributed by atoms with E-state index in [1.165, 1.54) is 148 Å². The summed E-state index contributed by atoms with van der Waals surface area (Å²) in [6, 6.07) is 0. The lowest BCUT2D eigenvalue weighted by atomic mass is 10.0. The van der Waals surface area contributed by atoms with Crippen molar-refractivity contribution in [2.45, 2.75) is 272 Å². The second-order valence-electron chi connectivity index (χ2n) is 18.5. The van der Waals surface area contributed by atoms with Crippen LogP contribution in [0.1, 0.15) is 266 Å². The smallest absolute Gasteiger partial charge is 0.306 e. The Labute approximate surface area is 348 Å². The van der Waals surface area contributed by atoms with Crippen LogP contribution in [-0.4, -0.2) is 37.2 Å². The molecule has 6 heteroatoms. The van der Waals surface area contributed by atoms with Crippen molar-refractivity contribution < 1.29 is 28.6 Å². The number of carbonyl (C=O) groups is 3. The molecule has 1 atom stereocenters. The highest BCUT2D eigenvalue weighted by Crippen LogP contribution is 2.17. The maximum absolute atomic E-state index is 12.7. The van der Waals surface area contributed by atoms with E-state index in [1.807, 2.05) is 0 Å². The van der Waals surface area contributed by atoms with Crippen molar-refractivity contribution in [1.82, 2.24) is 0 Å². The van der Waals surface area contributed by atoms with Crippen LogP contribution in [-0.2, 0) is 28.6 Å². The summed E-state index contributed by atoms with van der Waals surface area (Å²) < 4.78 is 16.8. The van der Waals surface area contributed by atoms with Gasteiger partial charge in [-0.2, -0.15) is 0 Å². The lowest BCUT2D eigenvalue weighted by Gasteiger charge is -2.18. The third-order valence-electron chi connectivity index (χ3n) is 11.1. The van der Waals surface area contributed by atoms with Gasteiger partial charge in [0.1, 0.15) is 13.2 Å². The molecular weight excluding hydrogens is 697 g/mol. The van der Waals surface area contributed by atoms with Crippen LogP contribution in [0.2, 0.25) is 0 Å². The van der Waals surface area contributed by atoms with Crippen molar-refractivity contribution >= 4 is 17.9 Å². The molecule has 0 aromatic heterocycles. The van der Waals surface area contributed by atoms with Gasteiger partial charge in [0, 0.05) is 19.3 Å². The van der Waals surface area contributed by atoms with Crippen LogP contribution in [0.15, 0.2) is 0 Å². The molecule has 0 aliphatic heterocycles. The molecule has 0 bridgehead atoms. The maximum Gasteiger partial charge on any atom is 0.306 e. The molecule has 0 aliphatic carbocycles. The van der Waals surface area contributed by atoms with Crippen LogP contribution in [0.4, 0.5) is 0 Å². The first-order valence-corrected chi connectivity index (χ1v) is 24.6. The molecule has 0 unspecified atom stereocenters. The van der Waals surface area contributed by atoms with Gasteiger partial charge in [-0.3, -0.25) is 14.4 Å². The van der Waals surface area contributed by atoms with E-state index < -0.39 is 6.10 Å². The molecule has 0 aromatic rings. The lowest BCUT2D eigenvalue weighted by molar-refractivity contribution is -0.167. The van der Waals surface area contributed by atoms with Gasteiger partial charge in [-0.15, -0.1) is 0 Å². The van der Waals surface area contributed by atoms with Crippen LogP contribution < -0.4 is 0 Å². The quantitative estimate of drug-likeness (QED) is 0.0348. The molecule has 0 radical (unpaired) electrons. The highest BCUT2D eigenvalue weighted by atomic mass is 16.6. The largest absolute Gasteiger partial charge is 0.462 e. The Balaban J connectivity index is 4.30. The summed E-state index contributed by atoms with van der Waals surface area (Å²) in [7, 11) is 0.